The standard InChI is InChI=1S/C14H14N2O5/c17-12(15-5-6-21-14(15)20)8-16-10-4-2-1-3-9(10)7-11(16)13(18)19/h1-4,11H,5-8H2,(H,18,19). The Morgan fingerprint density at radius 2 is 2.10 bits per heavy atom. The minimum Gasteiger partial charge on any atom is -0.480 e. The predicted molar refractivity (Wildman–Crippen MR) is 72.0 cm³/mol. The third-order valence-corrected chi connectivity index (χ3v) is 3.74. The van der Waals surface area contributed by atoms with E-state index >= 15 is 0 Å². The second-order valence-electron chi connectivity index (χ2n) is 4.97. The Bertz CT molecular complexity index is 615. The Balaban J connectivity index is 1.83. The average molecular weight is 290 g/mol. The van der Waals surface area contributed by atoms with Gasteiger partial charge in [-0.05, 0) is 11.6 Å². The van der Waals surface area contributed by atoms with Gasteiger partial charge in [0, 0.05) is 12.1 Å². The molecule has 1 unspecified atom stereocenters. The Morgan fingerprint density at radius 3 is 2.76 bits per heavy atom. The number of carbonyl (C=O) groups is 3. The minimum atomic E-state index is -0.983. The van der Waals surface area contributed by atoms with Gasteiger partial charge in [-0.2, -0.15) is 0 Å². The first-order valence-electron chi connectivity index (χ1n) is 6.62. The topological polar surface area (TPSA) is 87.2 Å². The summed E-state index contributed by atoms with van der Waals surface area (Å²) in [6, 6.07) is 6.48. The number of imide groups is 1. The van der Waals surface area contributed by atoms with Crippen molar-refractivity contribution in [2.75, 3.05) is 24.6 Å². The van der Waals surface area contributed by atoms with Gasteiger partial charge in [0.15, 0.2) is 0 Å². The molecule has 2 amide bonds. The van der Waals surface area contributed by atoms with Gasteiger partial charge in [0.05, 0.1) is 13.1 Å². The van der Waals surface area contributed by atoms with Gasteiger partial charge in [0.25, 0.3) is 5.91 Å². The van der Waals surface area contributed by atoms with Crippen molar-refractivity contribution in [3.8, 4) is 0 Å². The molecule has 0 bridgehead atoms. The lowest BCUT2D eigenvalue weighted by Crippen LogP contribution is -2.46. The molecule has 1 N–H and O–H groups in total. The van der Waals surface area contributed by atoms with Crippen LogP contribution in [-0.4, -0.2) is 53.7 Å². The molecule has 0 radical (unpaired) electrons. The summed E-state index contributed by atoms with van der Waals surface area (Å²) in [5, 5.41) is 9.33. The number of rotatable bonds is 3. The predicted octanol–water partition coefficient (Wildman–Crippen LogP) is 0.481. The smallest absolute Gasteiger partial charge is 0.416 e. The molecule has 2 aliphatic heterocycles. The molecule has 7 nitrogen and oxygen atoms in total. The molecule has 1 aromatic carbocycles. The number of carboxylic acids is 1. The molecular weight excluding hydrogens is 276 g/mol. The fourth-order valence-electron chi connectivity index (χ4n) is 2.72. The lowest BCUT2D eigenvalue weighted by Gasteiger charge is -2.25. The quantitative estimate of drug-likeness (QED) is 0.871. The number of cyclic esters (lactones) is 1. The maximum atomic E-state index is 12.2. The van der Waals surface area contributed by atoms with Crippen LogP contribution in [0.25, 0.3) is 0 Å². The molecule has 1 fully saturated rings. The maximum Gasteiger partial charge on any atom is 0.416 e. The van der Waals surface area contributed by atoms with E-state index in [9.17, 15) is 19.5 Å². The molecule has 3 rings (SSSR count). The number of ether oxygens (including phenoxy) is 1. The van der Waals surface area contributed by atoms with Crippen LogP contribution in [0.1, 0.15) is 5.56 Å². The van der Waals surface area contributed by atoms with E-state index in [1.165, 1.54) is 4.90 Å². The highest BCUT2D eigenvalue weighted by molar-refractivity contribution is 5.96. The fourth-order valence-corrected chi connectivity index (χ4v) is 2.72. The summed E-state index contributed by atoms with van der Waals surface area (Å²) in [4.78, 5) is 37.5. The number of hydrogen-bond donors (Lipinski definition) is 1. The molecule has 0 spiro atoms. The number of para-hydroxylation sites is 1. The summed E-state index contributed by atoms with van der Waals surface area (Å²) in [6.07, 6.45) is -0.317. The van der Waals surface area contributed by atoms with Gasteiger partial charge in [-0.3, -0.25) is 4.79 Å². The second kappa shape index (κ2) is 5.08. The number of amides is 2. The third kappa shape index (κ3) is 2.31. The van der Waals surface area contributed by atoms with Crippen molar-refractivity contribution in [2.24, 2.45) is 0 Å². The van der Waals surface area contributed by atoms with E-state index in [0.29, 0.717) is 6.42 Å². The number of hydrogen-bond acceptors (Lipinski definition) is 5. The van der Waals surface area contributed by atoms with Crippen LogP contribution in [0.2, 0.25) is 0 Å². The number of carbonyl (C=O) groups excluding carboxylic acids is 2. The molecule has 7 heteroatoms. The van der Waals surface area contributed by atoms with Crippen LogP contribution in [0.3, 0.4) is 0 Å². The lowest BCUT2D eigenvalue weighted by molar-refractivity contribution is -0.138. The summed E-state index contributed by atoms with van der Waals surface area (Å²) in [6.45, 7) is 0.248. The van der Waals surface area contributed by atoms with Crippen molar-refractivity contribution < 1.29 is 24.2 Å². The molecule has 21 heavy (non-hydrogen) atoms. The molecule has 1 atom stereocenters. The van der Waals surface area contributed by atoms with Crippen molar-refractivity contribution in [3.05, 3.63) is 29.8 Å². The van der Waals surface area contributed by atoms with Crippen molar-refractivity contribution in [3.63, 3.8) is 0 Å². The van der Waals surface area contributed by atoms with Crippen LogP contribution >= 0.6 is 0 Å². The number of aliphatic carboxylic acids is 1. The molecule has 1 saturated heterocycles. The summed E-state index contributed by atoms with van der Waals surface area (Å²) >= 11 is 0. The summed E-state index contributed by atoms with van der Waals surface area (Å²) in [5.74, 6) is -1.43. The fraction of sp³-hybridized carbons (Fsp3) is 0.357. The van der Waals surface area contributed by atoms with Crippen LogP contribution in [0.5, 0.6) is 0 Å². The Morgan fingerprint density at radius 1 is 1.33 bits per heavy atom. The highest BCUT2D eigenvalue weighted by Crippen LogP contribution is 2.32. The second-order valence-corrected chi connectivity index (χ2v) is 4.97. The molecule has 1 aromatic rings. The van der Waals surface area contributed by atoms with Crippen molar-refractivity contribution >= 4 is 23.7 Å². The number of anilines is 1. The summed E-state index contributed by atoms with van der Waals surface area (Å²) in [5.41, 5.74) is 1.62. The van der Waals surface area contributed by atoms with Crippen LogP contribution in [0, 0.1) is 0 Å². The van der Waals surface area contributed by atoms with Crippen LogP contribution in [0.4, 0.5) is 10.5 Å². The number of fused-ring (bicyclic) bond motifs is 1. The first-order valence-corrected chi connectivity index (χ1v) is 6.62. The molecule has 0 saturated carbocycles. The van der Waals surface area contributed by atoms with E-state index < -0.39 is 24.0 Å². The first kappa shape index (κ1) is 13.4. The SMILES string of the molecule is O=C(O)C1Cc2ccccc2N1CC(=O)N1CCOC1=O. The van der Waals surface area contributed by atoms with Gasteiger partial charge >= 0.3 is 12.1 Å². The zero-order chi connectivity index (χ0) is 15.0. The largest absolute Gasteiger partial charge is 0.480 e. The zero-order valence-electron chi connectivity index (χ0n) is 11.2. The van der Waals surface area contributed by atoms with Crippen LogP contribution in [0.15, 0.2) is 24.3 Å². The van der Waals surface area contributed by atoms with Crippen molar-refractivity contribution in [2.45, 2.75) is 12.5 Å². The number of nitrogens with zero attached hydrogens (tertiary/aromatic N) is 2. The highest BCUT2D eigenvalue weighted by Gasteiger charge is 2.37. The molecule has 0 aliphatic carbocycles. The van der Waals surface area contributed by atoms with E-state index in [0.717, 1.165) is 16.2 Å². The van der Waals surface area contributed by atoms with Gasteiger partial charge < -0.3 is 14.7 Å². The van der Waals surface area contributed by atoms with Crippen LogP contribution < -0.4 is 4.90 Å². The average Bonchev–Trinajstić information content (AvgIpc) is 3.03. The van der Waals surface area contributed by atoms with Crippen molar-refractivity contribution in [1.82, 2.24) is 4.90 Å². The molecule has 2 aliphatic rings. The molecular formula is C14H14N2O5. The highest BCUT2D eigenvalue weighted by atomic mass is 16.6. The van der Waals surface area contributed by atoms with E-state index in [-0.39, 0.29) is 19.7 Å². The van der Waals surface area contributed by atoms with Gasteiger partial charge in [-0.1, -0.05) is 18.2 Å². The first-order chi connectivity index (χ1) is 10.1. The van der Waals surface area contributed by atoms with Gasteiger partial charge in [0.1, 0.15) is 12.6 Å². The summed E-state index contributed by atoms with van der Waals surface area (Å²) < 4.78 is 4.73. The van der Waals surface area contributed by atoms with Crippen LogP contribution in [-0.2, 0) is 20.7 Å². The third-order valence-electron chi connectivity index (χ3n) is 3.74. The number of carboxylic acid groups (broad SMARTS) is 1. The van der Waals surface area contributed by atoms with Gasteiger partial charge in [0.2, 0.25) is 0 Å². The van der Waals surface area contributed by atoms with Crippen molar-refractivity contribution in [1.29, 1.82) is 0 Å². The molecule has 2 heterocycles. The molecule has 110 valence electrons. The zero-order valence-corrected chi connectivity index (χ0v) is 11.2. The minimum absolute atomic E-state index is 0.150. The number of benzene rings is 1. The van der Waals surface area contributed by atoms with E-state index in [1.807, 2.05) is 12.1 Å². The van der Waals surface area contributed by atoms with E-state index in [4.69, 9.17) is 4.74 Å². The van der Waals surface area contributed by atoms with Gasteiger partial charge in [-0.15, -0.1) is 0 Å². The normalized spacial score (nSPS) is 20.4. The monoisotopic (exact) mass is 290 g/mol. The Hall–Kier alpha value is -2.57. The lowest BCUT2D eigenvalue weighted by atomic mass is 10.1. The molecule has 0 aromatic heterocycles. The van der Waals surface area contributed by atoms with Gasteiger partial charge in [-0.25, -0.2) is 14.5 Å². The Labute approximate surface area is 120 Å². The van der Waals surface area contributed by atoms with E-state index in [1.54, 1.807) is 12.1 Å². The summed E-state index contributed by atoms with van der Waals surface area (Å²) in [7, 11) is 0. The maximum absolute atomic E-state index is 12.2. The Kier molecular flexibility index (Phi) is 3.25. The van der Waals surface area contributed by atoms with E-state index in [2.05, 4.69) is 0 Å².